The zero-order valence-corrected chi connectivity index (χ0v) is 19.7. The summed E-state index contributed by atoms with van der Waals surface area (Å²) in [6.07, 6.45) is 0.324. The highest BCUT2D eigenvalue weighted by Gasteiger charge is 2.40. The molecule has 34 heavy (non-hydrogen) atoms. The van der Waals surface area contributed by atoms with Crippen molar-refractivity contribution in [2.24, 2.45) is 0 Å². The van der Waals surface area contributed by atoms with Crippen LogP contribution in [0.2, 0.25) is 5.02 Å². The maximum absolute atomic E-state index is 13.4. The molecule has 1 aliphatic rings. The van der Waals surface area contributed by atoms with Gasteiger partial charge in [-0.1, -0.05) is 59.8 Å². The van der Waals surface area contributed by atoms with Crippen molar-refractivity contribution < 1.29 is 14.0 Å². The lowest BCUT2D eigenvalue weighted by Gasteiger charge is -2.18. The second kappa shape index (κ2) is 10.1. The highest BCUT2D eigenvalue weighted by Crippen LogP contribution is 2.42. The average Bonchev–Trinajstić information content (AvgIpc) is 3.14. The van der Waals surface area contributed by atoms with Crippen molar-refractivity contribution in [2.75, 3.05) is 10.2 Å². The first-order valence-corrected chi connectivity index (χ1v) is 11.6. The quantitative estimate of drug-likeness (QED) is 0.359. The number of hydrogen-bond acceptors (Lipinski definition) is 4. The first-order chi connectivity index (χ1) is 16.4. The summed E-state index contributed by atoms with van der Waals surface area (Å²) in [6, 6.07) is 21.8. The standard InChI is InChI=1S/C26H19ClFN3O2S/c1-16-7-12-19(14-22(16)27)30-24(32)21(15-29)26-31(20-5-3-2-4-6-20)25(33)23(34-26)13-17-8-10-18(28)11-9-17/h2-12,14,23H,13H2,1H3,(H,30,32). The van der Waals surface area contributed by atoms with E-state index in [0.717, 1.165) is 22.9 Å². The first-order valence-electron chi connectivity index (χ1n) is 10.4. The highest BCUT2D eigenvalue weighted by atomic mass is 35.5. The van der Waals surface area contributed by atoms with Crippen LogP contribution in [0.25, 0.3) is 0 Å². The minimum Gasteiger partial charge on any atom is -0.321 e. The van der Waals surface area contributed by atoms with Gasteiger partial charge in [0.2, 0.25) is 5.91 Å². The molecule has 1 N–H and O–H groups in total. The van der Waals surface area contributed by atoms with Gasteiger partial charge in [-0.3, -0.25) is 14.5 Å². The Morgan fingerprint density at radius 3 is 2.50 bits per heavy atom. The summed E-state index contributed by atoms with van der Waals surface area (Å²) in [4.78, 5) is 27.9. The SMILES string of the molecule is Cc1ccc(NC(=O)C(C#N)=C2SC(Cc3ccc(F)cc3)C(=O)N2c2ccccc2)cc1Cl. The molecule has 5 nitrogen and oxygen atoms in total. The van der Waals surface area contributed by atoms with Gasteiger partial charge < -0.3 is 5.32 Å². The number of carbonyl (C=O) groups excluding carboxylic acids is 2. The zero-order chi connectivity index (χ0) is 24.2. The Morgan fingerprint density at radius 2 is 1.85 bits per heavy atom. The predicted octanol–water partition coefficient (Wildman–Crippen LogP) is 5.85. The number of anilines is 2. The lowest BCUT2D eigenvalue weighted by Crippen LogP contribution is -2.30. The Balaban J connectivity index is 1.70. The number of carbonyl (C=O) groups is 2. The molecule has 1 atom stereocenters. The zero-order valence-electron chi connectivity index (χ0n) is 18.1. The van der Waals surface area contributed by atoms with Crippen LogP contribution in [0.3, 0.4) is 0 Å². The molecule has 1 unspecified atom stereocenters. The smallest absolute Gasteiger partial charge is 0.269 e. The number of para-hydroxylation sites is 1. The van der Waals surface area contributed by atoms with Gasteiger partial charge in [-0.25, -0.2) is 4.39 Å². The molecule has 1 saturated heterocycles. The first kappa shape index (κ1) is 23.6. The fourth-order valence-electron chi connectivity index (χ4n) is 3.50. The van der Waals surface area contributed by atoms with Crippen molar-refractivity contribution in [3.63, 3.8) is 0 Å². The third-order valence-corrected chi connectivity index (χ3v) is 6.95. The van der Waals surface area contributed by atoms with Crippen LogP contribution in [0.15, 0.2) is 83.4 Å². The Labute approximate surface area is 205 Å². The third kappa shape index (κ3) is 4.98. The summed E-state index contributed by atoms with van der Waals surface area (Å²) >= 11 is 7.31. The average molecular weight is 492 g/mol. The van der Waals surface area contributed by atoms with Gasteiger partial charge in [-0.2, -0.15) is 5.26 Å². The summed E-state index contributed by atoms with van der Waals surface area (Å²) in [5, 5.41) is 12.8. The van der Waals surface area contributed by atoms with E-state index in [4.69, 9.17) is 11.6 Å². The molecule has 1 heterocycles. The molecule has 4 rings (SSSR count). The van der Waals surface area contributed by atoms with Crippen molar-refractivity contribution in [1.82, 2.24) is 0 Å². The lowest BCUT2D eigenvalue weighted by molar-refractivity contribution is -0.117. The van der Waals surface area contributed by atoms with Crippen molar-refractivity contribution in [1.29, 1.82) is 5.26 Å². The number of thioether (sulfide) groups is 1. The Bertz CT molecular complexity index is 1320. The maximum Gasteiger partial charge on any atom is 0.269 e. The van der Waals surface area contributed by atoms with E-state index in [-0.39, 0.29) is 22.3 Å². The van der Waals surface area contributed by atoms with Gasteiger partial charge in [0.1, 0.15) is 22.5 Å². The summed E-state index contributed by atoms with van der Waals surface area (Å²) in [7, 11) is 0. The summed E-state index contributed by atoms with van der Waals surface area (Å²) in [5.41, 5.74) is 2.45. The van der Waals surface area contributed by atoms with E-state index in [0.29, 0.717) is 22.8 Å². The monoisotopic (exact) mass is 491 g/mol. The van der Waals surface area contributed by atoms with Gasteiger partial charge in [0.15, 0.2) is 0 Å². The number of rotatable bonds is 5. The molecule has 3 aromatic carbocycles. The molecule has 8 heteroatoms. The number of nitriles is 1. The van der Waals surface area contributed by atoms with Crippen molar-refractivity contribution in [3.8, 4) is 6.07 Å². The van der Waals surface area contributed by atoms with Crippen molar-refractivity contribution in [2.45, 2.75) is 18.6 Å². The van der Waals surface area contributed by atoms with Gasteiger partial charge >= 0.3 is 0 Å². The molecule has 0 aromatic heterocycles. The van der Waals surface area contributed by atoms with Crippen LogP contribution in [0.1, 0.15) is 11.1 Å². The van der Waals surface area contributed by atoms with Crippen LogP contribution in [0, 0.1) is 24.1 Å². The van der Waals surface area contributed by atoms with Gasteiger partial charge in [0, 0.05) is 16.4 Å². The number of aryl methyl sites for hydroxylation is 1. The lowest BCUT2D eigenvalue weighted by atomic mass is 10.1. The Kier molecular flexibility index (Phi) is 7.01. The summed E-state index contributed by atoms with van der Waals surface area (Å²) < 4.78 is 13.3. The van der Waals surface area contributed by atoms with Crippen LogP contribution < -0.4 is 10.2 Å². The molecule has 0 radical (unpaired) electrons. The van der Waals surface area contributed by atoms with E-state index in [1.807, 2.05) is 19.1 Å². The Hall–Kier alpha value is -3.60. The van der Waals surface area contributed by atoms with E-state index in [1.165, 1.54) is 17.0 Å². The van der Waals surface area contributed by atoms with Gasteiger partial charge in [-0.15, -0.1) is 0 Å². The molecule has 0 spiro atoms. The van der Waals surface area contributed by atoms with Crippen molar-refractivity contribution >= 4 is 46.6 Å². The largest absolute Gasteiger partial charge is 0.321 e. The topological polar surface area (TPSA) is 73.2 Å². The maximum atomic E-state index is 13.4. The van der Waals surface area contributed by atoms with E-state index in [1.54, 1.807) is 54.6 Å². The fraction of sp³-hybridized carbons (Fsp3) is 0.115. The number of nitrogens with one attached hydrogen (secondary N) is 1. The normalized spacial score (nSPS) is 16.8. The number of benzene rings is 3. The van der Waals surface area contributed by atoms with Crippen LogP contribution >= 0.6 is 23.4 Å². The number of hydrogen-bond donors (Lipinski definition) is 1. The van der Waals surface area contributed by atoms with E-state index >= 15 is 0 Å². The van der Waals surface area contributed by atoms with Crippen LogP contribution in [0.5, 0.6) is 0 Å². The predicted molar refractivity (Wildman–Crippen MR) is 133 cm³/mol. The second-order valence-corrected chi connectivity index (χ2v) is 9.25. The van der Waals surface area contributed by atoms with Gasteiger partial charge in [0.05, 0.1) is 5.25 Å². The third-order valence-electron chi connectivity index (χ3n) is 5.28. The van der Waals surface area contributed by atoms with Crippen LogP contribution in [-0.4, -0.2) is 17.1 Å². The van der Waals surface area contributed by atoms with E-state index in [9.17, 15) is 19.2 Å². The van der Waals surface area contributed by atoms with Gasteiger partial charge in [0.25, 0.3) is 5.91 Å². The summed E-state index contributed by atoms with van der Waals surface area (Å²) in [6.45, 7) is 1.84. The number of nitrogens with zero attached hydrogens (tertiary/aromatic N) is 2. The van der Waals surface area contributed by atoms with E-state index in [2.05, 4.69) is 5.32 Å². The fourth-order valence-corrected chi connectivity index (χ4v) is 4.99. The number of amides is 2. The highest BCUT2D eigenvalue weighted by molar-refractivity contribution is 8.05. The second-order valence-electron chi connectivity index (χ2n) is 7.66. The van der Waals surface area contributed by atoms with Crippen molar-refractivity contribution in [3.05, 3.63) is 105 Å². The number of halogens is 2. The Morgan fingerprint density at radius 1 is 1.15 bits per heavy atom. The molecule has 0 bridgehead atoms. The minimum atomic E-state index is -0.638. The molecule has 1 aliphatic heterocycles. The van der Waals surface area contributed by atoms with E-state index < -0.39 is 11.2 Å². The molecule has 0 saturated carbocycles. The summed E-state index contributed by atoms with van der Waals surface area (Å²) in [5.74, 6) is -1.25. The molecule has 2 amide bonds. The molecule has 0 aliphatic carbocycles. The van der Waals surface area contributed by atoms with Crippen LogP contribution in [-0.2, 0) is 16.0 Å². The molecular weight excluding hydrogens is 473 g/mol. The van der Waals surface area contributed by atoms with Crippen LogP contribution in [0.4, 0.5) is 15.8 Å². The molecular formula is C26H19ClFN3O2S. The molecule has 1 fully saturated rings. The molecule has 3 aromatic rings. The minimum absolute atomic E-state index is 0.180. The molecule has 170 valence electrons. The van der Waals surface area contributed by atoms with Gasteiger partial charge in [-0.05, 0) is 60.9 Å².